The van der Waals surface area contributed by atoms with Crippen molar-refractivity contribution in [1.82, 2.24) is 0 Å². The molecule has 0 spiro atoms. The minimum absolute atomic E-state index is 0.290. The number of ether oxygens (including phenoxy) is 2. The zero-order valence-corrected chi connectivity index (χ0v) is 22.7. The standard InChI is InChI=1S/C35H34N2O2/c1-23-17-24(2)19-26(18-23)22-39-33-16-11-25(20-34(33)38-3)21-36-28-14-12-27(13-15-28)35-31-9-6-8-29(31)30-7-4-5-10-32(30)37-35/h4-8,10-21,29,31,35,37H,9,22H2,1-3H3/t29-,31-,35-/m0/s1. The predicted molar refractivity (Wildman–Crippen MR) is 160 cm³/mol. The van der Waals surface area contributed by atoms with Gasteiger partial charge in [0.15, 0.2) is 11.5 Å². The van der Waals surface area contributed by atoms with Crippen LogP contribution >= 0.6 is 0 Å². The molecule has 196 valence electrons. The van der Waals surface area contributed by atoms with Gasteiger partial charge in [0, 0.05) is 17.8 Å². The monoisotopic (exact) mass is 514 g/mol. The molecular formula is C35H34N2O2. The van der Waals surface area contributed by atoms with Gasteiger partial charge in [-0.25, -0.2) is 0 Å². The quantitative estimate of drug-likeness (QED) is 0.199. The van der Waals surface area contributed by atoms with E-state index in [1.807, 2.05) is 24.4 Å². The van der Waals surface area contributed by atoms with Crippen molar-refractivity contribution in [3.63, 3.8) is 0 Å². The Morgan fingerprint density at radius 1 is 0.897 bits per heavy atom. The Labute approximate surface area is 231 Å². The van der Waals surface area contributed by atoms with E-state index in [1.54, 1.807) is 7.11 Å². The van der Waals surface area contributed by atoms with Crippen molar-refractivity contribution in [2.45, 2.75) is 38.8 Å². The van der Waals surface area contributed by atoms with Crippen molar-refractivity contribution in [3.8, 4) is 11.5 Å². The molecule has 0 unspecified atom stereocenters. The Morgan fingerprint density at radius 2 is 1.69 bits per heavy atom. The van der Waals surface area contributed by atoms with Gasteiger partial charge in [-0.1, -0.05) is 71.8 Å². The molecule has 2 aliphatic rings. The lowest BCUT2D eigenvalue weighted by molar-refractivity contribution is 0.284. The van der Waals surface area contributed by atoms with E-state index in [2.05, 4.69) is 98.0 Å². The number of nitrogens with one attached hydrogen (secondary N) is 1. The zero-order chi connectivity index (χ0) is 26.8. The maximum Gasteiger partial charge on any atom is 0.161 e. The van der Waals surface area contributed by atoms with Gasteiger partial charge in [0.2, 0.25) is 0 Å². The highest BCUT2D eigenvalue weighted by Gasteiger charge is 2.37. The summed E-state index contributed by atoms with van der Waals surface area (Å²) in [5.74, 6) is 2.44. The van der Waals surface area contributed by atoms with Gasteiger partial charge in [0.1, 0.15) is 6.61 Å². The molecule has 4 aromatic carbocycles. The SMILES string of the molecule is COc1cc(C=Nc2ccc([C@@H]3Nc4ccccc4[C@@H]4C=CC[C@@H]43)cc2)ccc1OCc1cc(C)cc(C)c1. The average molecular weight is 515 g/mol. The first-order valence-corrected chi connectivity index (χ1v) is 13.6. The molecule has 0 aromatic heterocycles. The first-order valence-electron chi connectivity index (χ1n) is 13.6. The summed E-state index contributed by atoms with van der Waals surface area (Å²) >= 11 is 0. The molecule has 4 aromatic rings. The van der Waals surface area contributed by atoms with Crippen LogP contribution in [0.5, 0.6) is 11.5 Å². The number of hydrogen-bond donors (Lipinski definition) is 1. The average Bonchev–Trinajstić information content (AvgIpc) is 3.45. The highest BCUT2D eigenvalue weighted by molar-refractivity contribution is 5.83. The lowest BCUT2D eigenvalue weighted by Gasteiger charge is -2.37. The molecule has 1 N–H and O–H groups in total. The summed E-state index contributed by atoms with van der Waals surface area (Å²) in [6.07, 6.45) is 7.68. The maximum atomic E-state index is 6.08. The van der Waals surface area contributed by atoms with Crippen LogP contribution in [0.1, 0.15) is 51.8 Å². The molecule has 1 heterocycles. The number of allylic oxidation sites excluding steroid dienone is 2. The minimum Gasteiger partial charge on any atom is -0.493 e. The number of para-hydroxylation sites is 1. The number of nitrogens with zero attached hydrogens (tertiary/aromatic N) is 1. The van der Waals surface area contributed by atoms with E-state index in [9.17, 15) is 0 Å². The van der Waals surface area contributed by atoms with E-state index in [0.29, 0.717) is 30.2 Å². The molecule has 0 bridgehead atoms. The lowest BCUT2D eigenvalue weighted by atomic mass is 9.77. The third kappa shape index (κ3) is 5.33. The molecule has 0 radical (unpaired) electrons. The Hall–Kier alpha value is -4.31. The first-order chi connectivity index (χ1) is 19.1. The van der Waals surface area contributed by atoms with Crippen LogP contribution < -0.4 is 14.8 Å². The number of benzene rings is 4. The number of aliphatic imine (C=N–C) groups is 1. The van der Waals surface area contributed by atoms with Gasteiger partial charge in [0.05, 0.1) is 18.8 Å². The van der Waals surface area contributed by atoms with Crippen LogP contribution in [0.15, 0.2) is 102 Å². The molecule has 1 aliphatic heterocycles. The van der Waals surface area contributed by atoms with Gasteiger partial charge in [0.25, 0.3) is 0 Å². The number of fused-ring (bicyclic) bond motifs is 3. The zero-order valence-electron chi connectivity index (χ0n) is 22.7. The summed E-state index contributed by atoms with van der Waals surface area (Å²) in [4.78, 5) is 4.73. The van der Waals surface area contributed by atoms with Crippen LogP contribution in [0.2, 0.25) is 0 Å². The normalized spacial score (nSPS) is 19.4. The summed E-state index contributed by atoms with van der Waals surface area (Å²) < 4.78 is 11.7. The van der Waals surface area contributed by atoms with Gasteiger partial charge < -0.3 is 14.8 Å². The maximum absolute atomic E-state index is 6.08. The van der Waals surface area contributed by atoms with Gasteiger partial charge in [-0.05, 0) is 84.8 Å². The van der Waals surface area contributed by atoms with Crippen molar-refractivity contribution in [2.24, 2.45) is 10.9 Å². The van der Waals surface area contributed by atoms with Gasteiger partial charge >= 0.3 is 0 Å². The number of anilines is 1. The van der Waals surface area contributed by atoms with Crippen molar-refractivity contribution >= 4 is 17.6 Å². The van der Waals surface area contributed by atoms with Crippen molar-refractivity contribution < 1.29 is 9.47 Å². The van der Waals surface area contributed by atoms with E-state index >= 15 is 0 Å². The van der Waals surface area contributed by atoms with Crippen molar-refractivity contribution in [3.05, 3.63) is 130 Å². The second-order valence-corrected chi connectivity index (χ2v) is 10.6. The molecule has 0 saturated heterocycles. The topological polar surface area (TPSA) is 42.8 Å². The van der Waals surface area contributed by atoms with E-state index in [1.165, 1.54) is 27.9 Å². The van der Waals surface area contributed by atoms with Crippen LogP contribution in [-0.2, 0) is 6.61 Å². The van der Waals surface area contributed by atoms with E-state index in [4.69, 9.17) is 14.5 Å². The molecule has 0 saturated carbocycles. The third-order valence-electron chi connectivity index (χ3n) is 7.75. The van der Waals surface area contributed by atoms with Crippen LogP contribution in [0, 0.1) is 19.8 Å². The highest BCUT2D eigenvalue weighted by Crippen LogP contribution is 2.49. The highest BCUT2D eigenvalue weighted by atomic mass is 16.5. The van der Waals surface area contributed by atoms with E-state index < -0.39 is 0 Å². The fourth-order valence-corrected chi connectivity index (χ4v) is 5.99. The summed E-state index contributed by atoms with van der Waals surface area (Å²) in [6.45, 7) is 4.71. The molecule has 0 amide bonds. The smallest absolute Gasteiger partial charge is 0.161 e. The van der Waals surface area contributed by atoms with Crippen LogP contribution in [0.25, 0.3) is 0 Å². The van der Waals surface area contributed by atoms with Crippen LogP contribution in [0.3, 0.4) is 0 Å². The summed E-state index contributed by atoms with van der Waals surface area (Å²) in [6, 6.07) is 30.0. The van der Waals surface area contributed by atoms with E-state index in [-0.39, 0.29) is 0 Å². The number of rotatable bonds is 7. The lowest BCUT2D eigenvalue weighted by Crippen LogP contribution is -2.28. The third-order valence-corrected chi connectivity index (χ3v) is 7.75. The molecule has 0 fully saturated rings. The minimum atomic E-state index is 0.290. The fraction of sp³-hybridized carbons (Fsp3) is 0.229. The second kappa shape index (κ2) is 10.8. The molecule has 3 atom stereocenters. The van der Waals surface area contributed by atoms with Crippen LogP contribution in [-0.4, -0.2) is 13.3 Å². The second-order valence-electron chi connectivity index (χ2n) is 10.6. The number of methoxy groups -OCH3 is 1. The first kappa shape index (κ1) is 25.0. The Bertz CT molecular complexity index is 1520. The summed E-state index contributed by atoms with van der Waals surface area (Å²) in [5.41, 5.74) is 9.45. The van der Waals surface area contributed by atoms with Crippen molar-refractivity contribution in [1.29, 1.82) is 0 Å². The summed E-state index contributed by atoms with van der Waals surface area (Å²) in [7, 11) is 1.67. The Balaban J connectivity index is 1.14. The predicted octanol–water partition coefficient (Wildman–Crippen LogP) is 8.47. The molecule has 6 rings (SSSR count). The van der Waals surface area contributed by atoms with E-state index in [0.717, 1.165) is 29.0 Å². The summed E-state index contributed by atoms with van der Waals surface area (Å²) in [5, 5.41) is 3.80. The van der Waals surface area contributed by atoms with Crippen molar-refractivity contribution in [2.75, 3.05) is 12.4 Å². The van der Waals surface area contributed by atoms with Crippen LogP contribution in [0.4, 0.5) is 11.4 Å². The largest absolute Gasteiger partial charge is 0.493 e. The molecular weight excluding hydrogens is 480 g/mol. The van der Waals surface area contributed by atoms with Gasteiger partial charge in [-0.15, -0.1) is 0 Å². The molecule has 4 heteroatoms. The fourth-order valence-electron chi connectivity index (χ4n) is 5.99. The number of hydrogen-bond acceptors (Lipinski definition) is 4. The van der Waals surface area contributed by atoms with Gasteiger partial charge in [-0.3, -0.25) is 4.99 Å². The Kier molecular flexibility index (Phi) is 6.93. The molecule has 1 aliphatic carbocycles. The Morgan fingerprint density at radius 3 is 2.49 bits per heavy atom. The van der Waals surface area contributed by atoms with Gasteiger partial charge in [-0.2, -0.15) is 0 Å². The molecule has 39 heavy (non-hydrogen) atoms. The number of aryl methyl sites for hydroxylation is 2. The molecule has 4 nitrogen and oxygen atoms in total.